The van der Waals surface area contributed by atoms with Crippen molar-refractivity contribution in [1.29, 1.82) is 0 Å². The number of hydrogen-bond acceptors (Lipinski definition) is 2. The van der Waals surface area contributed by atoms with E-state index in [1.54, 1.807) is 19.0 Å². The maximum atomic E-state index is 11.3. The first kappa shape index (κ1) is 9.77. The summed E-state index contributed by atoms with van der Waals surface area (Å²) in [6.07, 6.45) is 4.39. The molecule has 0 saturated carbocycles. The molecule has 4 nitrogen and oxygen atoms in total. The van der Waals surface area contributed by atoms with Crippen LogP contribution in [0.25, 0.3) is 0 Å². The van der Waals surface area contributed by atoms with E-state index in [1.807, 2.05) is 0 Å². The summed E-state index contributed by atoms with van der Waals surface area (Å²) in [6.45, 7) is 0.762. The molecule has 0 aliphatic carbocycles. The van der Waals surface area contributed by atoms with E-state index in [0.717, 1.165) is 13.0 Å². The summed E-state index contributed by atoms with van der Waals surface area (Å²) >= 11 is 0. The summed E-state index contributed by atoms with van der Waals surface area (Å²) in [7, 11) is 3.51. The number of fused-ring (bicyclic) bond motifs is 2. The van der Waals surface area contributed by atoms with E-state index < -0.39 is 0 Å². The summed E-state index contributed by atoms with van der Waals surface area (Å²) < 4.78 is 5.71. The second-order valence-electron chi connectivity index (χ2n) is 4.45. The zero-order valence-corrected chi connectivity index (χ0v) is 8.82. The van der Waals surface area contributed by atoms with Gasteiger partial charge in [0.25, 0.3) is 0 Å². The van der Waals surface area contributed by atoms with Crippen molar-refractivity contribution >= 4 is 6.03 Å². The summed E-state index contributed by atoms with van der Waals surface area (Å²) in [5, 5.41) is 2.92. The maximum Gasteiger partial charge on any atom is 0.316 e. The predicted molar refractivity (Wildman–Crippen MR) is 53.1 cm³/mol. The highest BCUT2D eigenvalue weighted by molar-refractivity contribution is 5.73. The topological polar surface area (TPSA) is 41.6 Å². The minimum atomic E-state index is -0.00669. The quantitative estimate of drug-likeness (QED) is 0.714. The molecule has 0 spiro atoms. The van der Waals surface area contributed by atoms with Gasteiger partial charge in [-0.05, 0) is 19.3 Å². The van der Waals surface area contributed by atoms with Gasteiger partial charge in [-0.2, -0.15) is 0 Å². The van der Waals surface area contributed by atoms with E-state index >= 15 is 0 Å². The highest BCUT2D eigenvalue weighted by atomic mass is 16.5. The van der Waals surface area contributed by atoms with E-state index in [4.69, 9.17) is 4.74 Å². The van der Waals surface area contributed by atoms with Crippen molar-refractivity contribution in [3.63, 3.8) is 0 Å². The third-order valence-corrected chi connectivity index (χ3v) is 3.15. The van der Waals surface area contributed by atoms with Gasteiger partial charge < -0.3 is 15.0 Å². The minimum Gasteiger partial charge on any atom is -0.375 e. The molecule has 14 heavy (non-hydrogen) atoms. The van der Waals surface area contributed by atoms with Crippen LogP contribution in [-0.4, -0.2) is 43.8 Å². The summed E-state index contributed by atoms with van der Waals surface area (Å²) in [6, 6.07) is -0.00669. The van der Waals surface area contributed by atoms with Crippen molar-refractivity contribution in [3.8, 4) is 0 Å². The van der Waals surface area contributed by atoms with Gasteiger partial charge in [0.2, 0.25) is 0 Å². The standard InChI is InChI=1S/C10H18N2O2/c1-12(2)10(13)11-6-7-5-8-3-4-9(7)14-8/h7-9H,3-6H2,1-2H3,(H,11,13). The van der Waals surface area contributed by atoms with E-state index in [0.29, 0.717) is 18.1 Å². The number of hydrogen-bond donors (Lipinski definition) is 1. The van der Waals surface area contributed by atoms with Gasteiger partial charge in [0.05, 0.1) is 12.2 Å². The molecule has 2 saturated heterocycles. The maximum absolute atomic E-state index is 11.3. The number of nitrogens with zero attached hydrogens (tertiary/aromatic N) is 1. The van der Waals surface area contributed by atoms with Crippen LogP contribution in [0.5, 0.6) is 0 Å². The highest BCUT2D eigenvalue weighted by Gasteiger charge is 2.40. The molecule has 3 atom stereocenters. The summed E-state index contributed by atoms with van der Waals surface area (Å²) in [4.78, 5) is 12.8. The minimum absolute atomic E-state index is 0.00669. The predicted octanol–water partition coefficient (Wildman–Crippen LogP) is 0.825. The van der Waals surface area contributed by atoms with Crippen LogP contribution >= 0.6 is 0 Å². The van der Waals surface area contributed by atoms with Gasteiger partial charge in [0.1, 0.15) is 0 Å². The molecule has 0 radical (unpaired) electrons. The van der Waals surface area contributed by atoms with Gasteiger partial charge in [0.15, 0.2) is 0 Å². The average molecular weight is 198 g/mol. The van der Waals surface area contributed by atoms with Crippen LogP contribution in [0.2, 0.25) is 0 Å². The Morgan fingerprint density at radius 2 is 2.29 bits per heavy atom. The molecule has 3 unspecified atom stereocenters. The number of carbonyl (C=O) groups excluding carboxylic acids is 1. The fourth-order valence-corrected chi connectivity index (χ4v) is 2.33. The van der Waals surface area contributed by atoms with Gasteiger partial charge in [-0.1, -0.05) is 0 Å². The Hall–Kier alpha value is -0.770. The molecule has 2 aliphatic heterocycles. The third-order valence-electron chi connectivity index (χ3n) is 3.15. The van der Waals surface area contributed by atoms with Crippen LogP contribution in [0.4, 0.5) is 4.79 Å². The van der Waals surface area contributed by atoms with E-state index in [1.165, 1.54) is 12.8 Å². The van der Waals surface area contributed by atoms with E-state index in [-0.39, 0.29) is 6.03 Å². The number of urea groups is 1. The SMILES string of the molecule is CN(C)C(=O)NCC1CC2CCC1O2. The van der Waals surface area contributed by atoms with Gasteiger partial charge in [-0.3, -0.25) is 0 Å². The first-order chi connectivity index (χ1) is 6.66. The molecular formula is C10H18N2O2. The molecule has 0 aromatic carbocycles. The Morgan fingerprint density at radius 1 is 1.50 bits per heavy atom. The van der Waals surface area contributed by atoms with Gasteiger partial charge >= 0.3 is 6.03 Å². The van der Waals surface area contributed by atoms with Crippen molar-refractivity contribution < 1.29 is 9.53 Å². The average Bonchev–Trinajstić information content (AvgIpc) is 2.74. The molecule has 2 rings (SSSR count). The fourth-order valence-electron chi connectivity index (χ4n) is 2.33. The van der Waals surface area contributed by atoms with Gasteiger partial charge in [-0.15, -0.1) is 0 Å². The zero-order valence-electron chi connectivity index (χ0n) is 8.82. The fraction of sp³-hybridized carbons (Fsp3) is 0.900. The second-order valence-corrected chi connectivity index (χ2v) is 4.45. The first-order valence-corrected chi connectivity index (χ1v) is 5.27. The normalized spacial score (nSPS) is 34.6. The monoisotopic (exact) mass is 198 g/mol. The number of rotatable bonds is 2. The molecular weight excluding hydrogens is 180 g/mol. The number of nitrogens with one attached hydrogen (secondary N) is 1. The Bertz CT molecular complexity index is 230. The molecule has 2 heterocycles. The summed E-state index contributed by atoms with van der Waals surface area (Å²) in [5.41, 5.74) is 0. The molecule has 0 aromatic rings. The molecule has 2 bridgehead atoms. The Labute approximate surface area is 84.6 Å². The lowest BCUT2D eigenvalue weighted by Crippen LogP contribution is -2.39. The molecule has 4 heteroatoms. The Balaban J connectivity index is 1.74. The largest absolute Gasteiger partial charge is 0.375 e. The van der Waals surface area contributed by atoms with Gasteiger partial charge in [0, 0.05) is 26.6 Å². The molecule has 1 N–H and O–H groups in total. The van der Waals surface area contributed by atoms with E-state index in [2.05, 4.69) is 5.32 Å². The number of amides is 2. The van der Waals surface area contributed by atoms with Crippen LogP contribution in [0.15, 0.2) is 0 Å². The first-order valence-electron chi connectivity index (χ1n) is 5.27. The molecule has 80 valence electrons. The van der Waals surface area contributed by atoms with Crippen molar-refractivity contribution in [1.82, 2.24) is 10.2 Å². The Morgan fingerprint density at radius 3 is 2.79 bits per heavy atom. The molecule has 2 aliphatic rings. The lowest BCUT2D eigenvalue weighted by atomic mass is 9.89. The zero-order chi connectivity index (χ0) is 10.1. The number of ether oxygens (including phenoxy) is 1. The van der Waals surface area contributed by atoms with Crippen LogP contribution in [-0.2, 0) is 4.74 Å². The summed E-state index contributed by atoms with van der Waals surface area (Å²) in [5.74, 6) is 0.539. The highest BCUT2D eigenvalue weighted by Crippen LogP contribution is 2.38. The molecule has 2 amide bonds. The van der Waals surface area contributed by atoms with Crippen LogP contribution in [0.3, 0.4) is 0 Å². The van der Waals surface area contributed by atoms with Crippen LogP contribution in [0.1, 0.15) is 19.3 Å². The molecule has 2 fully saturated rings. The van der Waals surface area contributed by atoms with Gasteiger partial charge in [-0.25, -0.2) is 4.79 Å². The number of carbonyl (C=O) groups is 1. The van der Waals surface area contributed by atoms with Crippen LogP contribution < -0.4 is 5.32 Å². The van der Waals surface area contributed by atoms with Crippen molar-refractivity contribution in [2.75, 3.05) is 20.6 Å². The lowest BCUT2D eigenvalue weighted by Gasteiger charge is -2.20. The third kappa shape index (κ3) is 1.85. The van der Waals surface area contributed by atoms with E-state index in [9.17, 15) is 4.79 Å². The van der Waals surface area contributed by atoms with Crippen molar-refractivity contribution in [3.05, 3.63) is 0 Å². The smallest absolute Gasteiger partial charge is 0.316 e. The lowest BCUT2D eigenvalue weighted by molar-refractivity contribution is 0.0925. The van der Waals surface area contributed by atoms with Crippen molar-refractivity contribution in [2.45, 2.75) is 31.5 Å². The van der Waals surface area contributed by atoms with Crippen molar-refractivity contribution in [2.24, 2.45) is 5.92 Å². The second kappa shape index (κ2) is 3.77. The van der Waals surface area contributed by atoms with Crippen LogP contribution in [0, 0.1) is 5.92 Å². The molecule has 0 aromatic heterocycles. The Kier molecular flexibility index (Phi) is 2.63.